The van der Waals surface area contributed by atoms with Crippen molar-refractivity contribution in [3.63, 3.8) is 0 Å². The van der Waals surface area contributed by atoms with Gasteiger partial charge in [-0.15, -0.1) is 0 Å². The Morgan fingerprint density at radius 2 is 1.97 bits per heavy atom. The number of nitrogens with zero attached hydrogens (tertiary/aromatic N) is 5. The van der Waals surface area contributed by atoms with Gasteiger partial charge in [-0.2, -0.15) is 8.78 Å². The number of halogens is 3. The molecular weight excluding hydrogens is 494 g/mol. The van der Waals surface area contributed by atoms with Crippen LogP contribution in [0.2, 0.25) is 5.02 Å². The second-order valence-corrected chi connectivity index (χ2v) is 10.1. The van der Waals surface area contributed by atoms with E-state index in [1.54, 1.807) is 11.0 Å². The third kappa shape index (κ3) is 4.92. The van der Waals surface area contributed by atoms with E-state index in [0.29, 0.717) is 35.6 Å². The highest BCUT2D eigenvalue weighted by molar-refractivity contribution is 6.32. The first kappa shape index (κ1) is 24.2. The van der Waals surface area contributed by atoms with E-state index in [0.717, 1.165) is 12.2 Å². The first-order valence-electron chi connectivity index (χ1n) is 11.5. The molecule has 2 atom stereocenters. The van der Waals surface area contributed by atoms with Crippen LogP contribution in [-0.4, -0.2) is 63.3 Å². The van der Waals surface area contributed by atoms with Crippen molar-refractivity contribution < 1.29 is 23.0 Å². The van der Waals surface area contributed by atoms with Gasteiger partial charge in [0.05, 0.1) is 22.6 Å². The van der Waals surface area contributed by atoms with Crippen molar-refractivity contribution in [1.82, 2.24) is 19.9 Å². The van der Waals surface area contributed by atoms with E-state index < -0.39 is 12.2 Å². The number of hydrogen-bond acceptors (Lipinski definition) is 8. The smallest absolute Gasteiger partial charge is 0.410 e. The number of rotatable bonds is 5. The summed E-state index contributed by atoms with van der Waals surface area (Å²) in [6.07, 6.45) is 1.98. The fourth-order valence-corrected chi connectivity index (χ4v) is 4.80. The number of piperazine rings is 1. The molecule has 0 radical (unpaired) electrons. The Balaban J connectivity index is 1.35. The topological polar surface area (TPSA) is 92.7 Å². The van der Waals surface area contributed by atoms with Crippen LogP contribution in [0.3, 0.4) is 0 Å². The molecule has 1 amide bonds. The van der Waals surface area contributed by atoms with Crippen LogP contribution in [0.4, 0.5) is 30.9 Å². The van der Waals surface area contributed by atoms with Crippen molar-refractivity contribution in [3.05, 3.63) is 41.7 Å². The summed E-state index contributed by atoms with van der Waals surface area (Å²) in [6.45, 7) is 3.83. The number of nitrogens with one attached hydrogen (secondary N) is 1. The minimum atomic E-state index is -2.97. The summed E-state index contributed by atoms with van der Waals surface area (Å²) in [5, 5.41) is 3.17. The summed E-state index contributed by atoms with van der Waals surface area (Å²) < 4.78 is 35.0. The molecular formula is C24H25ClF2N6O3. The van der Waals surface area contributed by atoms with Crippen LogP contribution in [0.5, 0.6) is 5.75 Å². The molecule has 0 unspecified atom stereocenters. The third-order valence-electron chi connectivity index (χ3n) is 6.04. The normalized spacial score (nSPS) is 19.3. The number of amides is 1. The van der Waals surface area contributed by atoms with Crippen LogP contribution in [0, 0.1) is 0 Å². The largest absolute Gasteiger partial charge is 0.444 e. The number of hydrogen-bond donors (Lipinski definition) is 1. The zero-order valence-electron chi connectivity index (χ0n) is 19.9. The van der Waals surface area contributed by atoms with E-state index in [-0.39, 0.29) is 28.9 Å². The van der Waals surface area contributed by atoms with Crippen molar-refractivity contribution in [3.8, 4) is 5.75 Å². The van der Waals surface area contributed by atoms with E-state index in [9.17, 15) is 13.6 Å². The number of aromatic nitrogens is 3. The second kappa shape index (κ2) is 9.20. The maximum atomic E-state index is 12.6. The van der Waals surface area contributed by atoms with Crippen LogP contribution in [0.1, 0.15) is 27.2 Å². The molecule has 0 saturated carbocycles. The maximum Gasteiger partial charge on any atom is 0.410 e. The molecule has 36 heavy (non-hydrogen) atoms. The van der Waals surface area contributed by atoms with Gasteiger partial charge in [0.1, 0.15) is 29.0 Å². The van der Waals surface area contributed by atoms with Gasteiger partial charge in [0.25, 0.3) is 0 Å². The lowest BCUT2D eigenvalue weighted by Crippen LogP contribution is -2.50. The molecule has 4 heterocycles. The number of alkyl halides is 2. The number of fused-ring (bicyclic) bond motifs is 3. The summed E-state index contributed by atoms with van der Waals surface area (Å²) in [6, 6.07) is 8.36. The van der Waals surface area contributed by atoms with Crippen LogP contribution in [0.25, 0.3) is 11.0 Å². The zero-order valence-corrected chi connectivity index (χ0v) is 20.7. The van der Waals surface area contributed by atoms with E-state index in [4.69, 9.17) is 21.3 Å². The monoisotopic (exact) mass is 518 g/mol. The molecule has 2 aliphatic heterocycles. The number of carbonyl (C=O) groups is 1. The first-order valence-corrected chi connectivity index (χ1v) is 11.8. The number of anilines is 3. The van der Waals surface area contributed by atoms with E-state index >= 15 is 0 Å². The lowest BCUT2D eigenvalue weighted by molar-refractivity contribution is -0.0497. The fraction of sp³-hybridized carbons (Fsp3) is 0.417. The predicted octanol–water partition coefficient (Wildman–Crippen LogP) is 5.22. The summed E-state index contributed by atoms with van der Waals surface area (Å²) >= 11 is 6.08. The Hall–Kier alpha value is -3.47. The molecule has 2 fully saturated rings. The first-order chi connectivity index (χ1) is 17.1. The minimum Gasteiger partial charge on any atom is -0.444 e. The highest BCUT2D eigenvalue weighted by Gasteiger charge is 2.47. The molecule has 3 aromatic rings. The van der Waals surface area contributed by atoms with Gasteiger partial charge in [0, 0.05) is 18.8 Å². The number of ether oxygens (including phenoxy) is 2. The molecule has 2 aliphatic rings. The van der Waals surface area contributed by atoms with E-state index in [2.05, 4.69) is 24.9 Å². The van der Waals surface area contributed by atoms with Gasteiger partial charge >= 0.3 is 12.7 Å². The average molecular weight is 519 g/mol. The highest BCUT2D eigenvalue weighted by atomic mass is 35.5. The van der Waals surface area contributed by atoms with Crippen molar-refractivity contribution in [1.29, 1.82) is 0 Å². The minimum absolute atomic E-state index is 0.0370. The van der Waals surface area contributed by atoms with Gasteiger partial charge in [-0.1, -0.05) is 11.6 Å². The molecule has 5 rings (SSSR count). The molecule has 9 nitrogen and oxygen atoms in total. The molecule has 190 valence electrons. The molecule has 1 aromatic carbocycles. The quantitative estimate of drug-likeness (QED) is 0.491. The number of benzene rings is 1. The van der Waals surface area contributed by atoms with Gasteiger partial charge in [-0.3, -0.25) is 0 Å². The average Bonchev–Trinajstić information content (AvgIpc) is 3.41. The van der Waals surface area contributed by atoms with Crippen molar-refractivity contribution in [2.24, 2.45) is 0 Å². The lowest BCUT2D eigenvalue weighted by atomic mass is 10.2. The Morgan fingerprint density at radius 3 is 2.64 bits per heavy atom. The number of pyridine rings is 1. The van der Waals surface area contributed by atoms with Gasteiger partial charge in [-0.05, 0) is 57.5 Å². The standard InChI is InChI=1S/C24H25ClF2N6O3/c1-24(2,3)36-23(34)33-11-14-9-15(33)10-32(14)19-7-5-17-20(31-19)21(29-12-28-17)30-13-4-6-18(16(25)8-13)35-22(26)27/h4-8,12,14-15,22H,9-11H2,1-3H3,(H,28,29,30)/t14-,15-/m0/s1. The van der Waals surface area contributed by atoms with Crippen LogP contribution >= 0.6 is 11.6 Å². The Bertz CT molecular complexity index is 1300. The Kier molecular flexibility index (Phi) is 6.19. The highest BCUT2D eigenvalue weighted by Crippen LogP contribution is 2.36. The third-order valence-corrected chi connectivity index (χ3v) is 6.34. The summed E-state index contributed by atoms with van der Waals surface area (Å²) in [7, 11) is 0. The fourth-order valence-electron chi connectivity index (χ4n) is 4.58. The number of carbonyl (C=O) groups excluding carboxylic acids is 1. The molecule has 0 spiro atoms. The Morgan fingerprint density at radius 1 is 1.17 bits per heavy atom. The van der Waals surface area contributed by atoms with E-state index in [1.165, 1.54) is 18.5 Å². The zero-order chi connectivity index (χ0) is 25.6. The maximum absolute atomic E-state index is 12.6. The Labute approximate surface area is 211 Å². The van der Waals surface area contributed by atoms with Crippen LogP contribution in [0.15, 0.2) is 36.7 Å². The summed E-state index contributed by atoms with van der Waals surface area (Å²) in [4.78, 5) is 30.0. The lowest BCUT2D eigenvalue weighted by Gasteiger charge is -2.35. The summed E-state index contributed by atoms with van der Waals surface area (Å²) in [5.74, 6) is 1.09. The van der Waals surface area contributed by atoms with E-state index in [1.807, 2.05) is 32.9 Å². The second-order valence-electron chi connectivity index (χ2n) is 9.74. The van der Waals surface area contributed by atoms with Crippen LogP contribution in [-0.2, 0) is 4.74 Å². The van der Waals surface area contributed by atoms with Crippen molar-refractivity contribution >= 4 is 46.1 Å². The van der Waals surface area contributed by atoms with Crippen molar-refractivity contribution in [2.45, 2.75) is 51.5 Å². The van der Waals surface area contributed by atoms with Gasteiger partial charge in [0.15, 0.2) is 5.82 Å². The SMILES string of the molecule is CC(C)(C)OC(=O)N1C[C@@H]2C[C@H]1CN2c1ccc2ncnc(Nc3ccc(OC(F)F)c(Cl)c3)c2n1. The molecule has 12 heteroatoms. The van der Waals surface area contributed by atoms with Gasteiger partial charge < -0.3 is 24.6 Å². The molecule has 0 aliphatic carbocycles. The molecule has 2 aromatic heterocycles. The van der Waals surface area contributed by atoms with Gasteiger partial charge in [0.2, 0.25) is 0 Å². The molecule has 2 saturated heterocycles. The summed E-state index contributed by atoms with van der Waals surface area (Å²) in [5.41, 5.74) is 1.18. The molecule has 2 bridgehead atoms. The molecule has 1 N–H and O–H groups in total. The van der Waals surface area contributed by atoms with Gasteiger partial charge in [-0.25, -0.2) is 19.7 Å². The van der Waals surface area contributed by atoms with Crippen LogP contribution < -0.4 is 15.0 Å². The predicted molar refractivity (Wildman–Crippen MR) is 131 cm³/mol. The van der Waals surface area contributed by atoms with Crippen molar-refractivity contribution in [2.75, 3.05) is 23.3 Å². The number of likely N-dealkylation sites (tertiary alicyclic amines) is 1.